The Hall–Kier alpha value is -0.740. The molecule has 1 aromatic carbocycles. The van der Waals surface area contributed by atoms with E-state index in [2.05, 4.69) is 32.6 Å². The van der Waals surface area contributed by atoms with Crippen molar-refractivity contribution in [3.63, 3.8) is 0 Å². The lowest BCUT2D eigenvalue weighted by Crippen LogP contribution is -1.94. The molecule has 3 nitrogen and oxygen atoms in total. The molecule has 0 aliphatic rings. The van der Waals surface area contributed by atoms with Crippen LogP contribution in [0.3, 0.4) is 0 Å². The summed E-state index contributed by atoms with van der Waals surface area (Å²) < 4.78 is 0.810. The monoisotopic (exact) mass is 287 g/mol. The summed E-state index contributed by atoms with van der Waals surface area (Å²) in [6.07, 6.45) is 0. The van der Waals surface area contributed by atoms with Gasteiger partial charge in [-0.15, -0.1) is 0 Å². The molecule has 1 unspecified atom stereocenters. The standard InChI is InChI=1S/C9H10IN3/c1-7-2-4-8(5-3-7)9(6-10)12-13-11/h2-5,9H,6H2,1H3. The van der Waals surface area contributed by atoms with Gasteiger partial charge in [-0.2, -0.15) is 0 Å². The van der Waals surface area contributed by atoms with Crippen LogP contribution in [-0.2, 0) is 0 Å². The molecule has 0 amide bonds. The van der Waals surface area contributed by atoms with Crippen molar-refractivity contribution in [2.75, 3.05) is 4.43 Å². The van der Waals surface area contributed by atoms with Crippen LogP contribution < -0.4 is 0 Å². The number of azide groups is 1. The molecule has 1 atom stereocenters. The van der Waals surface area contributed by atoms with Crippen LogP contribution in [0.25, 0.3) is 10.4 Å². The zero-order valence-electron chi connectivity index (χ0n) is 7.31. The van der Waals surface area contributed by atoms with Gasteiger partial charge in [0.25, 0.3) is 0 Å². The number of aryl methyl sites for hydroxylation is 1. The summed E-state index contributed by atoms with van der Waals surface area (Å²) in [7, 11) is 0. The maximum Gasteiger partial charge on any atom is 0.0714 e. The van der Waals surface area contributed by atoms with Gasteiger partial charge in [0.15, 0.2) is 0 Å². The molecule has 0 bridgehead atoms. The smallest absolute Gasteiger partial charge is 0.0714 e. The Morgan fingerprint density at radius 3 is 2.54 bits per heavy atom. The molecule has 68 valence electrons. The second-order valence-electron chi connectivity index (χ2n) is 2.79. The van der Waals surface area contributed by atoms with Crippen molar-refractivity contribution in [3.8, 4) is 0 Å². The van der Waals surface area contributed by atoms with Crippen molar-refractivity contribution >= 4 is 22.6 Å². The molecule has 0 spiro atoms. The van der Waals surface area contributed by atoms with E-state index in [0.29, 0.717) is 0 Å². The Labute approximate surface area is 90.9 Å². The Bertz CT molecular complexity index is 314. The number of hydrogen-bond donors (Lipinski definition) is 0. The van der Waals surface area contributed by atoms with E-state index in [-0.39, 0.29) is 6.04 Å². The van der Waals surface area contributed by atoms with Crippen LogP contribution in [0.5, 0.6) is 0 Å². The molecule has 0 heterocycles. The summed E-state index contributed by atoms with van der Waals surface area (Å²) in [6, 6.07) is 8.04. The van der Waals surface area contributed by atoms with Crippen LogP contribution in [0, 0.1) is 6.92 Å². The first kappa shape index (κ1) is 10.3. The van der Waals surface area contributed by atoms with E-state index in [9.17, 15) is 0 Å². The van der Waals surface area contributed by atoms with Crippen LogP contribution >= 0.6 is 22.6 Å². The molecule has 4 heteroatoms. The summed E-state index contributed by atoms with van der Waals surface area (Å²) >= 11 is 2.22. The van der Waals surface area contributed by atoms with Crippen molar-refractivity contribution in [3.05, 3.63) is 45.8 Å². The fourth-order valence-corrected chi connectivity index (χ4v) is 1.72. The van der Waals surface area contributed by atoms with E-state index in [1.807, 2.05) is 31.2 Å². The number of halogens is 1. The van der Waals surface area contributed by atoms with Crippen molar-refractivity contribution in [2.45, 2.75) is 13.0 Å². The highest BCUT2D eigenvalue weighted by atomic mass is 127. The maximum atomic E-state index is 8.34. The fraction of sp³-hybridized carbons (Fsp3) is 0.333. The molecule has 0 saturated heterocycles. The highest BCUT2D eigenvalue weighted by molar-refractivity contribution is 14.1. The minimum absolute atomic E-state index is 0.0359. The van der Waals surface area contributed by atoms with Gasteiger partial charge in [-0.3, -0.25) is 0 Å². The quantitative estimate of drug-likeness (QED) is 0.267. The van der Waals surface area contributed by atoms with E-state index in [0.717, 1.165) is 9.99 Å². The van der Waals surface area contributed by atoms with Crippen molar-refractivity contribution in [2.24, 2.45) is 5.11 Å². The first-order chi connectivity index (χ1) is 6.27. The number of alkyl halides is 1. The SMILES string of the molecule is Cc1ccc(C(CI)N=[N+]=[N-])cc1. The first-order valence-corrected chi connectivity index (χ1v) is 5.47. The predicted molar refractivity (Wildman–Crippen MR) is 62.0 cm³/mol. The first-order valence-electron chi connectivity index (χ1n) is 3.94. The van der Waals surface area contributed by atoms with Crippen LogP contribution in [0.4, 0.5) is 0 Å². The average molecular weight is 287 g/mol. The van der Waals surface area contributed by atoms with Gasteiger partial charge in [0.1, 0.15) is 0 Å². The topological polar surface area (TPSA) is 48.8 Å². The van der Waals surface area contributed by atoms with E-state index >= 15 is 0 Å². The van der Waals surface area contributed by atoms with Crippen molar-refractivity contribution in [1.29, 1.82) is 0 Å². The van der Waals surface area contributed by atoms with Gasteiger partial charge in [0.2, 0.25) is 0 Å². The highest BCUT2D eigenvalue weighted by Gasteiger charge is 2.05. The minimum Gasteiger partial charge on any atom is -0.0856 e. The van der Waals surface area contributed by atoms with Gasteiger partial charge in [0, 0.05) is 9.34 Å². The minimum atomic E-state index is -0.0359. The fourth-order valence-electron chi connectivity index (χ4n) is 1.04. The summed E-state index contributed by atoms with van der Waals surface area (Å²) in [4.78, 5) is 2.83. The van der Waals surface area contributed by atoms with E-state index in [1.165, 1.54) is 5.56 Å². The molecule has 1 aromatic rings. The summed E-state index contributed by atoms with van der Waals surface area (Å²) in [5.74, 6) is 0. The van der Waals surface area contributed by atoms with E-state index in [4.69, 9.17) is 5.53 Å². The van der Waals surface area contributed by atoms with Crippen molar-refractivity contribution < 1.29 is 0 Å². The molecule has 0 N–H and O–H groups in total. The zero-order chi connectivity index (χ0) is 9.68. The van der Waals surface area contributed by atoms with E-state index < -0.39 is 0 Å². The molecular weight excluding hydrogens is 277 g/mol. The molecule has 0 aliphatic carbocycles. The predicted octanol–water partition coefficient (Wildman–Crippen LogP) is 3.78. The highest BCUT2D eigenvalue weighted by Crippen LogP contribution is 2.20. The maximum absolute atomic E-state index is 8.34. The summed E-state index contributed by atoms with van der Waals surface area (Å²) in [6.45, 7) is 2.04. The Balaban J connectivity index is 2.91. The average Bonchev–Trinajstić information content (AvgIpc) is 2.16. The van der Waals surface area contributed by atoms with Gasteiger partial charge in [0.05, 0.1) is 6.04 Å². The van der Waals surface area contributed by atoms with Crippen LogP contribution in [0.2, 0.25) is 0 Å². The third-order valence-corrected chi connectivity index (χ3v) is 2.63. The molecule has 0 saturated carbocycles. The second kappa shape index (κ2) is 5.09. The van der Waals surface area contributed by atoms with Crippen LogP contribution in [-0.4, -0.2) is 4.43 Å². The number of rotatable bonds is 3. The Kier molecular flexibility index (Phi) is 4.05. The van der Waals surface area contributed by atoms with Gasteiger partial charge < -0.3 is 0 Å². The van der Waals surface area contributed by atoms with Gasteiger partial charge in [-0.1, -0.05) is 57.5 Å². The number of hydrogen-bond acceptors (Lipinski definition) is 1. The second-order valence-corrected chi connectivity index (χ2v) is 3.67. The third kappa shape index (κ3) is 2.90. The number of benzene rings is 1. The third-order valence-electron chi connectivity index (χ3n) is 1.80. The zero-order valence-corrected chi connectivity index (χ0v) is 9.47. The lowest BCUT2D eigenvalue weighted by Gasteiger charge is -2.07. The van der Waals surface area contributed by atoms with Crippen LogP contribution in [0.15, 0.2) is 29.4 Å². The van der Waals surface area contributed by atoms with Gasteiger partial charge in [-0.25, -0.2) is 0 Å². The lowest BCUT2D eigenvalue weighted by molar-refractivity contribution is 0.832. The summed E-state index contributed by atoms with van der Waals surface area (Å²) in [5, 5.41) is 3.72. The lowest BCUT2D eigenvalue weighted by atomic mass is 10.1. The number of nitrogens with zero attached hydrogens (tertiary/aromatic N) is 3. The molecule has 0 aliphatic heterocycles. The molecule has 13 heavy (non-hydrogen) atoms. The Morgan fingerprint density at radius 2 is 2.08 bits per heavy atom. The van der Waals surface area contributed by atoms with E-state index in [1.54, 1.807) is 0 Å². The molecule has 1 rings (SSSR count). The van der Waals surface area contributed by atoms with Crippen LogP contribution in [0.1, 0.15) is 17.2 Å². The Morgan fingerprint density at radius 1 is 1.46 bits per heavy atom. The van der Waals surface area contributed by atoms with Crippen molar-refractivity contribution in [1.82, 2.24) is 0 Å². The molecule has 0 fully saturated rings. The van der Waals surface area contributed by atoms with Gasteiger partial charge >= 0.3 is 0 Å². The summed E-state index contributed by atoms with van der Waals surface area (Å²) in [5.41, 5.74) is 10.6. The molecule has 0 aromatic heterocycles. The largest absolute Gasteiger partial charge is 0.0856 e. The normalized spacial score (nSPS) is 11.8. The van der Waals surface area contributed by atoms with Gasteiger partial charge in [-0.05, 0) is 18.0 Å². The molecule has 0 radical (unpaired) electrons. The molecular formula is C9H10IN3.